The van der Waals surface area contributed by atoms with Crippen molar-refractivity contribution in [3.05, 3.63) is 77.3 Å². The van der Waals surface area contributed by atoms with E-state index in [0.717, 1.165) is 0 Å². The van der Waals surface area contributed by atoms with Crippen molar-refractivity contribution in [2.75, 3.05) is 20.3 Å². The van der Waals surface area contributed by atoms with Crippen LogP contribution in [-0.2, 0) is 4.74 Å². The van der Waals surface area contributed by atoms with Crippen molar-refractivity contribution in [3.8, 4) is 11.4 Å². The standard InChI is InChI=1S/C22H20F2N4O3/c1-13-18(21-26-20(27-31-21)15-4-3-5-17(24)12-15)19(14-6-8-16(23)9-7-14)25-22(29)28(13)10-11-30-2/h3-9,12,19H,10-11H2,1-2H3,(H,25,29). The molecule has 1 aliphatic heterocycles. The van der Waals surface area contributed by atoms with Crippen LogP contribution in [0.15, 0.2) is 58.8 Å². The maximum absolute atomic E-state index is 13.6. The molecule has 0 aliphatic carbocycles. The van der Waals surface area contributed by atoms with Gasteiger partial charge in [-0.15, -0.1) is 0 Å². The second-order valence-corrected chi connectivity index (χ2v) is 7.01. The first-order valence-corrected chi connectivity index (χ1v) is 9.61. The Morgan fingerprint density at radius 2 is 1.94 bits per heavy atom. The highest BCUT2D eigenvalue weighted by molar-refractivity contribution is 5.86. The number of allylic oxidation sites excluding steroid dienone is 1. The van der Waals surface area contributed by atoms with E-state index in [9.17, 15) is 13.6 Å². The fourth-order valence-corrected chi connectivity index (χ4v) is 3.49. The lowest BCUT2D eigenvalue weighted by atomic mass is 9.94. The van der Waals surface area contributed by atoms with E-state index in [1.165, 1.54) is 29.2 Å². The molecule has 2 heterocycles. The number of hydrogen-bond acceptors (Lipinski definition) is 5. The third-order valence-electron chi connectivity index (χ3n) is 5.06. The maximum Gasteiger partial charge on any atom is 0.322 e. The zero-order valence-electron chi connectivity index (χ0n) is 16.9. The summed E-state index contributed by atoms with van der Waals surface area (Å²) in [7, 11) is 1.55. The third-order valence-corrected chi connectivity index (χ3v) is 5.06. The summed E-state index contributed by atoms with van der Waals surface area (Å²) in [6, 6.07) is 10.7. The second-order valence-electron chi connectivity index (χ2n) is 7.01. The van der Waals surface area contributed by atoms with Crippen molar-refractivity contribution in [2.45, 2.75) is 13.0 Å². The molecule has 9 heteroatoms. The average Bonchev–Trinajstić information content (AvgIpc) is 3.23. The summed E-state index contributed by atoms with van der Waals surface area (Å²) in [5, 5.41) is 6.89. The first kappa shape index (κ1) is 20.7. The van der Waals surface area contributed by atoms with Crippen LogP contribution in [0, 0.1) is 11.6 Å². The quantitative estimate of drug-likeness (QED) is 0.640. The summed E-state index contributed by atoms with van der Waals surface area (Å²) >= 11 is 0. The van der Waals surface area contributed by atoms with Gasteiger partial charge in [-0.1, -0.05) is 29.4 Å². The van der Waals surface area contributed by atoms with Gasteiger partial charge in [0.15, 0.2) is 0 Å². The number of urea groups is 1. The molecule has 0 saturated heterocycles. The van der Waals surface area contributed by atoms with Crippen LogP contribution in [0.4, 0.5) is 13.6 Å². The van der Waals surface area contributed by atoms with Crippen LogP contribution in [0.3, 0.4) is 0 Å². The molecular weight excluding hydrogens is 406 g/mol. The van der Waals surface area contributed by atoms with Gasteiger partial charge in [0.25, 0.3) is 5.89 Å². The summed E-state index contributed by atoms with van der Waals surface area (Å²) in [5.74, 6) is -0.415. The van der Waals surface area contributed by atoms with Gasteiger partial charge in [-0.05, 0) is 36.8 Å². The van der Waals surface area contributed by atoms with Crippen molar-refractivity contribution in [2.24, 2.45) is 0 Å². The zero-order valence-corrected chi connectivity index (χ0v) is 16.9. The van der Waals surface area contributed by atoms with Gasteiger partial charge in [0, 0.05) is 18.4 Å². The molecule has 0 spiro atoms. The number of amides is 2. The Morgan fingerprint density at radius 1 is 1.16 bits per heavy atom. The summed E-state index contributed by atoms with van der Waals surface area (Å²) in [6.45, 7) is 2.42. The van der Waals surface area contributed by atoms with E-state index in [-0.39, 0.29) is 23.6 Å². The predicted molar refractivity (Wildman–Crippen MR) is 109 cm³/mol. The second kappa shape index (κ2) is 8.65. The first-order valence-electron chi connectivity index (χ1n) is 9.61. The van der Waals surface area contributed by atoms with Crippen molar-refractivity contribution in [3.63, 3.8) is 0 Å². The Balaban J connectivity index is 1.80. The monoisotopic (exact) mass is 426 g/mol. The fourth-order valence-electron chi connectivity index (χ4n) is 3.49. The number of ether oxygens (including phenoxy) is 1. The van der Waals surface area contributed by atoms with Gasteiger partial charge in [-0.3, -0.25) is 4.90 Å². The first-order chi connectivity index (χ1) is 15.0. The van der Waals surface area contributed by atoms with Crippen LogP contribution in [0.25, 0.3) is 17.0 Å². The molecule has 4 rings (SSSR count). The van der Waals surface area contributed by atoms with Crippen LogP contribution in [0.5, 0.6) is 0 Å². The molecule has 2 amide bonds. The highest BCUT2D eigenvalue weighted by atomic mass is 19.1. The Kier molecular flexibility index (Phi) is 5.77. The van der Waals surface area contributed by atoms with Crippen LogP contribution < -0.4 is 5.32 Å². The number of carbonyl (C=O) groups is 1. The minimum atomic E-state index is -0.632. The molecule has 160 valence electrons. The summed E-state index contributed by atoms with van der Waals surface area (Å²) < 4.78 is 37.7. The number of nitrogens with one attached hydrogen (secondary N) is 1. The van der Waals surface area contributed by atoms with Crippen molar-refractivity contribution in [1.29, 1.82) is 0 Å². The maximum atomic E-state index is 13.6. The van der Waals surface area contributed by atoms with Gasteiger partial charge in [0.1, 0.15) is 11.6 Å². The average molecular weight is 426 g/mol. The molecule has 0 fully saturated rings. The van der Waals surface area contributed by atoms with Crippen LogP contribution in [0.1, 0.15) is 24.4 Å². The Morgan fingerprint density at radius 3 is 2.65 bits per heavy atom. The molecule has 1 unspecified atom stereocenters. The van der Waals surface area contributed by atoms with E-state index in [1.54, 1.807) is 38.3 Å². The molecule has 1 aromatic heterocycles. The molecule has 0 radical (unpaired) electrons. The number of methoxy groups -OCH3 is 1. The summed E-state index contributed by atoms with van der Waals surface area (Å²) in [5.41, 5.74) is 2.28. The van der Waals surface area contributed by atoms with Crippen molar-refractivity contribution in [1.82, 2.24) is 20.4 Å². The smallest absolute Gasteiger partial charge is 0.322 e. The highest BCUT2D eigenvalue weighted by Gasteiger charge is 2.35. The zero-order chi connectivity index (χ0) is 22.0. The lowest BCUT2D eigenvalue weighted by molar-refractivity contribution is 0.158. The van der Waals surface area contributed by atoms with Gasteiger partial charge in [-0.2, -0.15) is 4.98 Å². The summed E-state index contributed by atoms with van der Waals surface area (Å²) in [6.07, 6.45) is 0. The molecule has 1 atom stereocenters. The predicted octanol–water partition coefficient (Wildman–Crippen LogP) is 4.16. The van der Waals surface area contributed by atoms with E-state index < -0.39 is 11.9 Å². The molecule has 0 bridgehead atoms. The van der Waals surface area contributed by atoms with Crippen molar-refractivity contribution >= 4 is 11.6 Å². The van der Waals surface area contributed by atoms with E-state index >= 15 is 0 Å². The van der Waals surface area contributed by atoms with Crippen LogP contribution >= 0.6 is 0 Å². The Labute approximate surface area is 177 Å². The largest absolute Gasteiger partial charge is 0.383 e. The molecule has 1 N–H and O–H groups in total. The number of halogens is 2. The number of benzene rings is 2. The number of carbonyl (C=O) groups excluding carboxylic acids is 1. The number of nitrogens with zero attached hydrogens (tertiary/aromatic N) is 3. The molecular formula is C22H20F2N4O3. The molecule has 2 aromatic carbocycles. The Hall–Kier alpha value is -3.59. The van der Waals surface area contributed by atoms with Crippen molar-refractivity contribution < 1.29 is 22.8 Å². The number of hydrogen-bond donors (Lipinski definition) is 1. The molecule has 1 aliphatic rings. The minimum absolute atomic E-state index is 0.175. The molecule has 31 heavy (non-hydrogen) atoms. The topological polar surface area (TPSA) is 80.5 Å². The SMILES string of the molecule is COCCN1C(=O)NC(c2ccc(F)cc2)C(c2nc(-c3cccc(F)c3)no2)=C1C. The lowest BCUT2D eigenvalue weighted by Gasteiger charge is -2.35. The Bertz CT molecular complexity index is 1130. The highest BCUT2D eigenvalue weighted by Crippen LogP contribution is 2.37. The van der Waals surface area contributed by atoms with Gasteiger partial charge in [0.2, 0.25) is 5.82 Å². The van der Waals surface area contributed by atoms with Crippen LogP contribution in [-0.4, -0.2) is 41.3 Å². The van der Waals surface area contributed by atoms with Gasteiger partial charge >= 0.3 is 6.03 Å². The fraction of sp³-hybridized carbons (Fsp3) is 0.227. The van der Waals surface area contributed by atoms with E-state index in [0.29, 0.717) is 35.5 Å². The minimum Gasteiger partial charge on any atom is -0.383 e. The molecule has 0 saturated carbocycles. The van der Waals surface area contributed by atoms with E-state index in [2.05, 4.69) is 15.5 Å². The molecule has 3 aromatic rings. The van der Waals surface area contributed by atoms with Gasteiger partial charge in [-0.25, -0.2) is 13.6 Å². The third kappa shape index (κ3) is 4.17. The van der Waals surface area contributed by atoms with Gasteiger partial charge in [0.05, 0.1) is 24.8 Å². The van der Waals surface area contributed by atoms with Gasteiger partial charge < -0.3 is 14.6 Å². The normalized spacial score (nSPS) is 16.6. The van der Waals surface area contributed by atoms with E-state index in [4.69, 9.17) is 9.26 Å². The van der Waals surface area contributed by atoms with Crippen LogP contribution in [0.2, 0.25) is 0 Å². The number of rotatable bonds is 6. The summed E-state index contributed by atoms with van der Waals surface area (Å²) in [4.78, 5) is 18.7. The number of aromatic nitrogens is 2. The molecule has 7 nitrogen and oxygen atoms in total. The lowest BCUT2D eigenvalue weighted by Crippen LogP contribution is -2.47. The van der Waals surface area contributed by atoms with E-state index in [1.807, 2.05) is 0 Å².